The largest absolute Gasteiger partial charge is 0.493 e. The Morgan fingerprint density at radius 3 is 2.30 bits per heavy atom. The van der Waals surface area contributed by atoms with E-state index in [2.05, 4.69) is 71.6 Å². The highest BCUT2D eigenvalue weighted by molar-refractivity contribution is 5.41. The van der Waals surface area contributed by atoms with Crippen molar-refractivity contribution in [1.82, 2.24) is 4.90 Å². The molecule has 0 saturated heterocycles. The Balaban J connectivity index is 2.32. The summed E-state index contributed by atoms with van der Waals surface area (Å²) in [6, 6.07) is 6.58. The van der Waals surface area contributed by atoms with E-state index in [1.165, 1.54) is 62.9 Å². The standard InChI is InChI=1S/C25H45NO/c1-8-16-26(18-12-13-21(2)3)17-10-9-11-19-27-24-15-14-22(4)20-23(24)25(5,6)7/h14-15,20-21H,8-13,16-19H2,1-7H3. The third-order valence-corrected chi connectivity index (χ3v) is 5.11. The first-order chi connectivity index (χ1) is 12.7. The fourth-order valence-corrected chi connectivity index (χ4v) is 3.53. The van der Waals surface area contributed by atoms with Gasteiger partial charge in [0.1, 0.15) is 5.75 Å². The molecule has 27 heavy (non-hydrogen) atoms. The quantitative estimate of drug-likeness (QED) is 0.344. The van der Waals surface area contributed by atoms with Gasteiger partial charge >= 0.3 is 0 Å². The highest BCUT2D eigenvalue weighted by atomic mass is 16.5. The maximum atomic E-state index is 6.15. The van der Waals surface area contributed by atoms with Crippen LogP contribution < -0.4 is 4.74 Å². The minimum Gasteiger partial charge on any atom is -0.493 e. The molecule has 0 aliphatic heterocycles. The molecular formula is C25H45NO. The number of nitrogens with zero attached hydrogens (tertiary/aromatic N) is 1. The number of hydrogen-bond donors (Lipinski definition) is 0. The van der Waals surface area contributed by atoms with Gasteiger partial charge in [0.25, 0.3) is 0 Å². The molecule has 0 amide bonds. The first-order valence-electron chi connectivity index (χ1n) is 11.2. The Hall–Kier alpha value is -1.02. The van der Waals surface area contributed by atoms with Gasteiger partial charge in [0.15, 0.2) is 0 Å². The molecule has 0 bridgehead atoms. The summed E-state index contributed by atoms with van der Waals surface area (Å²) >= 11 is 0. The van der Waals surface area contributed by atoms with Gasteiger partial charge in [-0.3, -0.25) is 0 Å². The zero-order valence-electron chi connectivity index (χ0n) is 19.2. The molecule has 2 heteroatoms. The second-order valence-corrected chi connectivity index (χ2v) is 9.54. The van der Waals surface area contributed by atoms with E-state index in [0.717, 1.165) is 24.7 Å². The summed E-state index contributed by atoms with van der Waals surface area (Å²) in [5.74, 6) is 1.89. The summed E-state index contributed by atoms with van der Waals surface area (Å²) in [4.78, 5) is 2.65. The first kappa shape index (κ1) is 24.0. The van der Waals surface area contributed by atoms with Crippen molar-refractivity contribution in [1.29, 1.82) is 0 Å². The molecule has 0 N–H and O–H groups in total. The summed E-state index contributed by atoms with van der Waals surface area (Å²) < 4.78 is 6.15. The zero-order chi connectivity index (χ0) is 20.3. The maximum Gasteiger partial charge on any atom is 0.123 e. The van der Waals surface area contributed by atoms with E-state index in [1.807, 2.05) is 0 Å². The monoisotopic (exact) mass is 375 g/mol. The van der Waals surface area contributed by atoms with Crippen LogP contribution >= 0.6 is 0 Å². The van der Waals surface area contributed by atoms with Crippen LogP contribution in [0.25, 0.3) is 0 Å². The van der Waals surface area contributed by atoms with E-state index in [1.54, 1.807) is 0 Å². The predicted octanol–water partition coefficient (Wildman–Crippen LogP) is 6.99. The van der Waals surface area contributed by atoms with E-state index in [9.17, 15) is 0 Å². The van der Waals surface area contributed by atoms with E-state index < -0.39 is 0 Å². The van der Waals surface area contributed by atoms with Crippen LogP contribution in [-0.2, 0) is 5.41 Å². The molecular weight excluding hydrogens is 330 g/mol. The van der Waals surface area contributed by atoms with Gasteiger partial charge in [0, 0.05) is 0 Å². The van der Waals surface area contributed by atoms with Gasteiger partial charge < -0.3 is 9.64 Å². The van der Waals surface area contributed by atoms with Crippen LogP contribution in [-0.4, -0.2) is 31.1 Å². The van der Waals surface area contributed by atoms with Crippen molar-refractivity contribution in [3.8, 4) is 5.75 Å². The Morgan fingerprint density at radius 2 is 1.67 bits per heavy atom. The summed E-state index contributed by atoms with van der Waals surface area (Å²) in [5, 5.41) is 0. The third kappa shape index (κ3) is 10.2. The Morgan fingerprint density at radius 1 is 0.963 bits per heavy atom. The van der Waals surface area contributed by atoms with E-state index >= 15 is 0 Å². The molecule has 2 nitrogen and oxygen atoms in total. The van der Waals surface area contributed by atoms with Gasteiger partial charge in [0.2, 0.25) is 0 Å². The second-order valence-electron chi connectivity index (χ2n) is 9.54. The molecule has 0 aliphatic rings. The molecule has 1 aromatic rings. The Labute approximate surface area is 169 Å². The van der Waals surface area contributed by atoms with E-state index in [-0.39, 0.29) is 5.41 Å². The minimum atomic E-state index is 0.123. The van der Waals surface area contributed by atoms with Crippen molar-refractivity contribution in [2.45, 2.75) is 92.4 Å². The van der Waals surface area contributed by atoms with Crippen molar-refractivity contribution in [3.63, 3.8) is 0 Å². The minimum absolute atomic E-state index is 0.123. The highest BCUT2D eigenvalue weighted by Gasteiger charge is 2.19. The normalized spacial score (nSPS) is 12.2. The number of benzene rings is 1. The third-order valence-electron chi connectivity index (χ3n) is 5.11. The lowest BCUT2D eigenvalue weighted by Crippen LogP contribution is -2.27. The fraction of sp³-hybridized carbons (Fsp3) is 0.760. The lowest BCUT2D eigenvalue weighted by atomic mass is 9.85. The van der Waals surface area contributed by atoms with Gasteiger partial charge in [-0.15, -0.1) is 0 Å². The number of hydrogen-bond acceptors (Lipinski definition) is 2. The molecule has 1 aromatic carbocycles. The van der Waals surface area contributed by atoms with Crippen LogP contribution in [0.5, 0.6) is 5.75 Å². The van der Waals surface area contributed by atoms with Crippen LogP contribution in [0, 0.1) is 12.8 Å². The number of ether oxygens (including phenoxy) is 1. The average molecular weight is 376 g/mol. The van der Waals surface area contributed by atoms with E-state index in [0.29, 0.717) is 0 Å². The van der Waals surface area contributed by atoms with Gasteiger partial charge in [-0.1, -0.05) is 59.2 Å². The topological polar surface area (TPSA) is 12.5 Å². The Bertz CT molecular complexity index is 516. The summed E-state index contributed by atoms with van der Waals surface area (Å²) in [5.41, 5.74) is 2.75. The number of rotatable bonds is 13. The molecule has 0 unspecified atom stereocenters. The molecule has 0 spiro atoms. The van der Waals surface area contributed by atoms with Crippen molar-refractivity contribution >= 4 is 0 Å². The second kappa shape index (κ2) is 12.4. The number of unbranched alkanes of at least 4 members (excludes halogenated alkanes) is 2. The van der Waals surface area contributed by atoms with Crippen LogP contribution in [0.1, 0.15) is 91.2 Å². The van der Waals surface area contributed by atoms with E-state index in [4.69, 9.17) is 4.74 Å². The molecule has 0 saturated carbocycles. The maximum absolute atomic E-state index is 6.15. The van der Waals surface area contributed by atoms with Gasteiger partial charge in [-0.05, 0) is 88.0 Å². The predicted molar refractivity (Wildman–Crippen MR) is 120 cm³/mol. The average Bonchev–Trinajstić information content (AvgIpc) is 2.57. The van der Waals surface area contributed by atoms with Crippen LogP contribution in [0.2, 0.25) is 0 Å². The van der Waals surface area contributed by atoms with Gasteiger partial charge in [0.05, 0.1) is 6.61 Å². The SMILES string of the molecule is CCCN(CCCCCOc1ccc(C)cc1C(C)(C)C)CCCC(C)C. The van der Waals surface area contributed by atoms with Crippen LogP contribution in [0.15, 0.2) is 18.2 Å². The number of aryl methyl sites for hydroxylation is 1. The van der Waals surface area contributed by atoms with Crippen molar-refractivity contribution in [2.24, 2.45) is 5.92 Å². The smallest absolute Gasteiger partial charge is 0.123 e. The summed E-state index contributed by atoms with van der Waals surface area (Å²) in [7, 11) is 0. The lowest BCUT2D eigenvalue weighted by molar-refractivity contribution is 0.250. The molecule has 1 rings (SSSR count). The van der Waals surface area contributed by atoms with Crippen molar-refractivity contribution < 1.29 is 4.74 Å². The molecule has 0 aliphatic carbocycles. The Kier molecular flexibility index (Phi) is 11.1. The fourth-order valence-electron chi connectivity index (χ4n) is 3.53. The van der Waals surface area contributed by atoms with Gasteiger partial charge in [-0.2, -0.15) is 0 Å². The molecule has 156 valence electrons. The first-order valence-corrected chi connectivity index (χ1v) is 11.2. The zero-order valence-corrected chi connectivity index (χ0v) is 19.2. The van der Waals surface area contributed by atoms with Crippen molar-refractivity contribution in [2.75, 3.05) is 26.2 Å². The molecule has 0 heterocycles. The van der Waals surface area contributed by atoms with Gasteiger partial charge in [-0.25, -0.2) is 0 Å². The van der Waals surface area contributed by atoms with Crippen molar-refractivity contribution in [3.05, 3.63) is 29.3 Å². The highest BCUT2D eigenvalue weighted by Crippen LogP contribution is 2.32. The summed E-state index contributed by atoms with van der Waals surface area (Å²) in [6.07, 6.45) is 7.62. The summed E-state index contributed by atoms with van der Waals surface area (Å²) in [6.45, 7) is 20.4. The van der Waals surface area contributed by atoms with Crippen LogP contribution in [0.3, 0.4) is 0 Å². The van der Waals surface area contributed by atoms with Crippen LogP contribution in [0.4, 0.5) is 0 Å². The molecule has 0 aromatic heterocycles. The molecule has 0 atom stereocenters. The lowest BCUT2D eigenvalue weighted by Gasteiger charge is -2.24. The molecule has 0 fully saturated rings. The molecule has 0 radical (unpaired) electrons.